The van der Waals surface area contributed by atoms with Gasteiger partial charge in [0.2, 0.25) is 5.82 Å². The van der Waals surface area contributed by atoms with Gasteiger partial charge in [0.1, 0.15) is 5.60 Å². The summed E-state index contributed by atoms with van der Waals surface area (Å²) in [6.45, 7) is 3.47. The van der Waals surface area contributed by atoms with Crippen LogP contribution in [-0.4, -0.2) is 17.3 Å². The van der Waals surface area contributed by atoms with Gasteiger partial charge in [-0.05, 0) is 32.0 Å². The van der Waals surface area contributed by atoms with E-state index in [1.54, 1.807) is 13.8 Å². The first-order valence-electron chi connectivity index (χ1n) is 6.01. The summed E-state index contributed by atoms with van der Waals surface area (Å²) in [7, 11) is 1.49. The molecule has 1 aromatic carbocycles. The van der Waals surface area contributed by atoms with Crippen molar-refractivity contribution in [2.75, 3.05) is 12.8 Å². The Balaban J connectivity index is 2.40. The van der Waals surface area contributed by atoms with Crippen molar-refractivity contribution in [2.45, 2.75) is 25.6 Å². The summed E-state index contributed by atoms with van der Waals surface area (Å²) < 4.78 is 48.0. The van der Waals surface area contributed by atoms with Gasteiger partial charge in [-0.2, -0.15) is 18.2 Å². The Kier molecular flexibility index (Phi) is 3.66. The molecule has 0 atom stereocenters. The van der Waals surface area contributed by atoms with E-state index in [1.807, 2.05) is 0 Å². The van der Waals surface area contributed by atoms with E-state index in [0.29, 0.717) is 0 Å². The van der Waals surface area contributed by atoms with Crippen LogP contribution in [0.5, 0.6) is 0 Å². The lowest BCUT2D eigenvalue weighted by Gasteiger charge is -2.17. The summed E-state index contributed by atoms with van der Waals surface area (Å²) in [6.07, 6.45) is -4.45. The third kappa shape index (κ3) is 2.99. The predicted molar refractivity (Wildman–Crippen MR) is 69.2 cm³/mol. The van der Waals surface area contributed by atoms with E-state index in [-0.39, 0.29) is 23.0 Å². The molecule has 0 unspecified atom stereocenters. The van der Waals surface area contributed by atoms with Crippen LogP contribution in [-0.2, 0) is 16.5 Å². The zero-order chi connectivity index (χ0) is 15.8. The average Bonchev–Trinajstić information content (AvgIpc) is 2.87. The number of rotatable bonds is 3. The highest BCUT2D eigenvalue weighted by molar-refractivity contribution is 5.71. The summed E-state index contributed by atoms with van der Waals surface area (Å²) in [5, 5.41) is 3.76. The van der Waals surface area contributed by atoms with E-state index >= 15 is 0 Å². The molecule has 0 amide bonds. The maximum atomic E-state index is 12.6. The molecule has 0 aliphatic rings. The van der Waals surface area contributed by atoms with Gasteiger partial charge in [-0.15, -0.1) is 0 Å². The molecule has 114 valence electrons. The minimum absolute atomic E-state index is 0.0429. The van der Waals surface area contributed by atoms with Gasteiger partial charge in [0.15, 0.2) is 0 Å². The average molecular weight is 301 g/mol. The molecule has 21 heavy (non-hydrogen) atoms. The van der Waals surface area contributed by atoms with Gasteiger partial charge < -0.3 is 15.0 Å². The second-order valence-electron chi connectivity index (χ2n) is 4.94. The molecule has 0 saturated carbocycles. The molecule has 5 nitrogen and oxygen atoms in total. The molecule has 1 heterocycles. The molecule has 0 saturated heterocycles. The number of hydrogen-bond acceptors (Lipinski definition) is 5. The molecule has 2 aromatic rings. The molecule has 1 aromatic heterocycles. The third-order valence-electron chi connectivity index (χ3n) is 3.08. The molecule has 0 aliphatic carbocycles. The van der Waals surface area contributed by atoms with Crippen molar-refractivity contribution in [3.8, 4) is 11.5 Å². The highest BCUT2D eigenvalue weighted by Gasteiger charge is 2.32. The van der Waals surface area contributed by atoms with E-state index in [1.165, 1.54) is 13.2 Å². The second-order valence-corrected chi connectivity index (χ2v) is 4.94. The molecule has 0 radical (unpaired) electrons. The molecular formula is C13H14F3N3O2. The number of halogens is 3. The van der Waals surface area contributed by atoms with E-state index in [9.17, 15) is 13.2 Å². The van der Waals surface area contributed by atoms with Crippen LogP contribution in [0.15, 0.2) is 22.7 Å². The number of nitrogens with zero attached hydrogens (tertiary/aromatic N) is 2. The fourth-order valence-corrected chi connectivity index (χ4v) is 1.60. The minimum Gasteiger partial charge on any atom is -0.398 e. The van der Waals surface area contributed by atoms with Gasteiger partial charge in [0.25, 0.3) is 5.89 Å². The van der Waals surface area contributed by atoms with Gasteiger partial charge in [0.05, 0.1) is 11.1 Å². The molecule has 0 spiro atoms. The Hall–Kier alpha value is -2.09. The van der Waals surface area contributed by atoms with E-state index in [2.05, 4.69) is 10.1 Å². The highest BCUT2D eigenvalue weighted by atomic mass is 19.4. The van der Waals surface area contributed by atoms with Gasteiger partial charge in [-0.25, -0.2) is 0 Å². The first-order chi connectivity index (χ1) is 9.65. The number of benzene rings is 1. The van der Waals surface area contributed by atoms with E-state index < -0.39 is 17.3 Å². The second kappa shape index (κ2) is 5.03. The van der Waals surface area contributed by atoms with Crippen molar-refractivity contribution in [1.29, 1.82) is 0 Å². The molecule has 2 N–H and O–H groups in total. The lowest BCUT2D eigenvalue weighted by Crippen LogP contribution is -2.21. The number of nitrogens with two attached hydrogens (primary N) is 1. The van der Waals surface area contributed by atoms with Gasteiger partial charge in [-0.3, -0.25) is 0 Å². The fourth-order valence-electron chi connectivity index (χ4n) is 1.60. The number of ether oxygens (including phenoxy) is 1. The lowest BCUT2D eigenvalue weighted by atomic mass is 10.1. The minimum atomic E-state index is -4.45. The topological polar surface area (TPSA) is 74.2 Å². The summed E-state index contributed by atoms with van der Waals surface area (Å²) in [5.74, 6) is 0.320. The van der Waals surface area contributed by atoms with Crippen LogP contribution in [0.3, 0.4) is 0 Å². The lowest BCUT2D eigenvalue weighted by molar-refractivity contribution is -0.137. The van der Waals surface area contributed by atoms with E-state index in [4.69, 9.17) is 15.0 Å². The zero-order valence-electron chi connectivity index (χ0n) is 11.7. The Morgan fingerprint density at radius 2 is 1.90 bits per heavy atom. The van der Waals surface area contributed by atoms with Crippen LogP contribution in [0.2, 0.25) is 0 Å². The first kappa shape index (κ1) is 15.3. The SMILES string of the molecule is COC(C)(C)c1noc(-c2ccc(C(F)(F)F)cc2N)n1. The summed E-state index contributed by atoms with van der Waals surface area (Å²) >= 11 is 0. The van der Waals surface area contributed by atoms with Crippen LogP contribution < -0.4 is 5.73 Å². The Morgan fingerprint density at radius 3 is 2.43 bits per heavy atom. The zero-order valence-corrected chi connectivity index (χ0v) is 11.7. The van der Waals surface area contributed by atoms with Crippen LogP contribution in [0.25, 0.3) is 11.5 Å². The van der Waals surface area contributed by atoms with Crippen LogP contribution >= 0.6 is 0 Å². The quantitative estimate of drug-likeness (QED) is 0.881. The first-order valence-corrected chi connectivity index (χ1v) is 6.01. The van der Waals surface area contributed by atoms with Crippen LogP contribution in [0.4, 0.5) is 18.9 Å². The van der Waals surface area contributed by atoms with Crippen molar-refractivity contribution in [2.24, 2.45) is 0 Å². The molecule has 0 bridgehead atoms. The fraction of sp³-hybridized carbons (Fsp3) is 0.385. The van der Waals surface area contributed by atoms with Gasteiger partial charge in [0, 0.05) is 12.8 Å². The molecule has 0 fully saturated rings. The number of alkyl halides is 3. The van der Waals surface area contributed by atoms with Gasteiger partial charge in [-0.1, -0.05) is 5.16 Å². The number of nitrogen functional groups attached to an aromatic ring is 1. The van der Waals surface area contributed by atoms with Crippen molar-refractivity contribution in [3.63, 3.8) is 0 Å². The normalized spacial score (nSPS) is 12.7. The maximum Gasteiger partial charge on any atom is 0.416 e. The van der Waals surface area contributed by atoms with Crippen LogP contribution in [0.1, 0.15) is 25.2 Å². The Labute approximate surface area is 118 Å². The smallest absolute Gasteiger partial charge is 0.398 e. The number of hydrogen-bond donors (Lipinski definition) is 1. The van der Waals surface area contributed by atoms with Crippen molar-refractivity contribution in [1.82, 2.24) is 10.1 Å². The van der Waals surface area contributed by atoms with E-state index in [0.717, 1.165) is 12.1 Å². The van der Waals surface area contributed by atoms with Crippen LogP contribution in [0, 0.1) is 0 Å². The van der Waals surface area contributed by atoms with Crippen molar-refractivity contribution >= 4 is 5.69 Å². The predicted octanol–water partition coefficient (Wildman–Crippen LogP) is 3.22. The largest absolute Gasteiger partial charge is 0.416 e. The van der Waals surface area contributed by atoms with Gasteiger partial charge >= 0.3 is 6.18 Å². The molecule has 2 rings (SSSR count). The third-order valence-corrected chi connectivity index (χ3v) is 3.08. The van der Waals surface area contributed by atoms with Crippen molar-refractivity contribution < 1.29 is 22.4 Å². The number of methoxy groups -OCH3 is 1. The Bertz CT molecular complexity index is 650. The monoisotopic (exact) mass is 301 g/mol. The number of aromatic nitrogens is 2. The standard InChI is InChI=1S/C13H14F3N3O2/c1-12(2,20-3)11-18-10(21-19-11)8-5-4-7(6-9(8)17)13(14,15)16/h4-6H,17H2,1-3H3. The summed E-state index contributed by atoms with van der Waals surface area (Å²) in [5.41, 5.74) is 4.19. The molecular weight excluding hydrogens is 287 g/mol. The highest BCUT2D eigenvalue weighted by Crippen LogP contribution is 2.34. The maximum absolute atomic E-state index is 12.6. The summed E-state index contributed by atoms with van der Waals surface area (Å²) in [4.78, 5) is 4.11. The molecule has 0 aliphatic heterocycles. The summed E-state index contributed by atoms with van der Waals surface area (Å²) in [6, 6.07) is 2.95. The number of anilines is 1. The van der Waals surface area contributed by atoms with Crippen molar-refractivity contribution in [3.05, 3.63) is 29.6 Å². The molecule has 8 heteroatoms. The Morgan fingerprint density at radius 1 is 1.24 bits per heavy atom.